The Bertz CT molecular complexity index is 670. The number of aromatic nitrogens is 1. The predicted octanol–water partition coefficient (Wildman–Crippen LogP) is 1.75. The molecule has 1 heterocycles. The second-order valence-corrected chi connectivity index (χ2v) is 5.44. The van der Waals surface area contributed by atoms with Gasteiger partial charge in [-0.15, -0.1) is 11.3 Å². The Hall–Kier alpha value is -2.41. The topological polar surface area (TPSA) is 94.3 Å². The molecule has 2 rings (SSSR count). The van der Waals surface area contributed by atoms with Crippen molar-refractivity contribution in [3.8, 4) is 5.75 Å². The van der Waals surface area contributed by atoms with Crippen molar-refractivity contribution in [3.05, 3.63) is 40.9 Å². The standard InChI is InChI=1S/C15H17N3O3S/c1-2-10-5-3-4-6-12(10)21-8-14(20)18-15-17-11(9-22-15)7-13(16)19/h3-6,9H,2,7-8H2,1H3,(H2,16,19)(H,17,18,20). The van der Waals surface area contributed by atoms with Gasteiger partial charge in [-0.1, -0.05) is 25.1 Å². The highest BCUT2D eigenvalue weighted by Crippen LogP contribution is 2.19. The molecule has 0 aliphatic carbocycles. The molecule has 1 aromatic heterocycles. The molecule has 0 aliphatic heterocycles. The average molecular weight is 319 g/mol. The molecule has 0 saturated carbocycles. The van der Waals surface area contributed by atoms with E-state index in [1.54, 1.807) is 5.38 Å². The largest absolute Gasteiger partial charge is 0.483 e. The van der Waals surface area contributed by atoms with Crippen molar-refractivity contribution in [2.45, 2.75) is 19.8 Å². The fourth-order valence-corrected chi connectivity index (χ4v) is 2.59. The van der Waals surface area contributed by atoms with Crippen molar-refractivity contribution in [1.29, 1.82) is 0 Å². The lowest BCUT2D eigenvalue weighted by Crippen LogP contribution is -2.20. The number of nitrogens with zero attached hydrogens (tertiary/aromatic N) is 1. The molecule has 0 bridgehead atoms. The molecule has 0 unspecified atom stereocenters. The number of nitrogens with two attached hydrogens (primary N) is 1. The maximum atomic E-state index is 11.9. The van der Waals surface area contributed by atoms with E-state index in [1.807, 2.05) is 31.2 Å². The fourth-order valence-electron chi connectivity index (χ4n) is 1.86. The monoisotopic (exact) mass is 319 g/mol. The lowest BCUT2D eigenvalue weighted by atomic mass is 10.1. The third-order valence-electron chi connectivity index (χ3n) is 2.87. The lowest BCUT2D eigenvalue weighted by Gasteiger charge is -2.09. The van der Waals surface area contributed by atoms with Crippen LogP contribution in [0.15, 0.2) is 29.6 Å². The molecule has 3 N–H and O–H groups in total. The van der Waals surface area contributed by atoms with Crippen molar-refractivity contribution >= 4 is 28.3 Å². The fraction of sp³-hybridized carbons (Fsp3) is 0.267. The number of thiazole rings is 1. The molecular weight excluding hydrogens is 302 g/mol. The van der Waals surface area contributed by atoms with E-state index >= 15 is 0 Å². The van der Waals surface area contributed by atoms with E-state index in [2.05, 4.69) is 10.3 Å². The van der Waals surface area contributed by atoms with Gasteiger partial charge in [-0.05, 0) is 18.1 Å². The summed E-state index contributed by atoms with van der Waals surface area (Å²) in [5.74, 6) is -0.0535. The Morgan fingerprint density at radius 1 is 1.36 bits per heavy atom. The second kappa shape index (κ2) is 7.56. The highest BCUT2D eigenvalue weighted by atomic mass is 32.1. The predicted molar refractivity (Wildman–Crippen MR) is 85.0 cm³/mol. The van der Waals surface area contributed by atoms with E-state index in [-0.39, 0.29) is 18.9 Å². The third-order valence-corrected chi connectivity index (χ3v) is 3.67. The van der Waals surface area contributed by atoms with Crippen LogP contribution in [-0.4, -0.2) is 23.4 Å². The molecular formula is C15H17N3O3S. The number of carbonyl (C=O) groups excluding carboxylic acids is 2. The van der Waals surface area contributed by atoms with Gasteiger partial charge in [-0.25, -0.2) is 4.98 Å². The number of hydrogen-bond acceptors (Lipinski definition) is 5. The number of nitrogens with one attached hydrogen (secondary N) is 1. The third kappa shape index (κ3) is 4.56. The number of amides is 2. The summed E-state index contributed by atoms with van der Waals surface area (Å²) in [5.41, 5.74) is 6.69. The van der Waals surface area contributed by atoms with Crippen molar-refractivity contribution in [1.82, 2.24) is 4.98 Å². The van der Waals surface area contributed by atoms with Gasteiger partial charge in [0.15, 0.2) is 11.7 Å². The molecule has 0 aliphatic rings. The Morgan fingerprint density at radius 3 is 2.86 bits per heavy atom. The summed E-state index contributed by atoms with van der Waals surface area (Å²) in [6.07, 6.45) is 0.896. The summed E-state index contributed by atoms with van der Waals surface area (Å²) in [6.45, 7) is 1.93. The van der Waals surface area contributed by atoms with Crippen molar-refractivity contribution in [3.63, 3.8) is 0 Å². The van der Waals surface area contributed by atoms with Crippen LogP contribution in [0.3, 0.4) is 0 Å². The Morgan fingerprint density at radius 2 is 2.14 bits per heavy atom. The minimum Gasteiger partial charge on any atom is -0.483 e. The van der Waals surface area contributed by atoms with Crippen LogP contribution < -0.4 is 15.8 Å². The summed E-state index contributed by atoms with van der Waals surface area (Å²) >= 11 is 1.24. The van der Waals surface area contributed by atoms with Gasteiger partial charge >= 0.3 is 0 Å². The SMILES string of the molecule is CCc1ccccc1OCC(=O)Nc1nc(CC(N)=O)cs1. The molecule has 0 saturated heterocycles. The molecule has 0 atom stereocenters. The van der Waals surface area contributed by atoms with Crippen LogP contribution in [0.4, 0.5) is 5.13 Å². The van der Waals surface area contributed by atoms with Gasteiger partial charge in [-0.2, -0.15) is 0 Å². The zero-order chi connectivity index (χ0) is 15.9. The number of anilines is 1. The normalized spacial score (nSPS) is 10.2. The van der Waals surface area contributed by atoms with Crippen molar-refractivity contribution in [2.24, 2.45) is 5.73 Å². The average Bonchev–Trinajstić information content (AvgIpc) is 2.91. The summed E-state index contributed by atoms with van der Waals surface area (Å²) in [4.78, 5) is 26.8. The minimum atomic E-state index is -0.456. The van der Waals surface area contributed by atoms with Gasteiger partial charge in [0.1, 0.15) is 5.75 Å². The summed E-state index contributed by atoms with van der Waals surface area (Å²) in [6, 6.07) is 7.59. The number of hydrogen-bond donors (Lipinski definition) is 2. The number of aryl methyl sites for hydroxylation is 1. The first-order chi connectivity index (χ1) is 10.6. The quantitative estimate of drug-likeness (QED) is 0.813. The van der Waals surface area contributed by atoms with E-state index in [0.29, 0.717) is 16.6 Å². The molecule has 0 fully saturated rings. The molecule has 2 aromatic rings. The number of benzene rings is 1. The summed E-state index contributed by atoms with van der Waals surface area (Å²) in [7, 11) is 0. The molecule has 0 spiro atoms. The van der Waals surface area contributed by atoms with Gasteiger partial charge < -0.3 is 10.5 Å². The van der Waals surface area contributed by atoms with Gasteiger partial charge in [0.2, 0.25) is 5.91 Å². The molecule has 7 heteroatoms. The second-order valence-electron chi connectivity index (χ2n) is 4.59. The zero-order valence-electron chi connectivity index (χ0n) is 12.2. The van der Waals surface area contributed by atoms with Gasteiger partial charge in [0.25, 0.3) is 5.91 Å². The van der Waals surface area contributed by atoms with E-state index in [4.69, 9.17) is 10.5 Å². The zero-order valence-corrected chi connectivity index (χ0v) is 13.0. The van der Waals surface area contributed by atoms with E-state index in [9.17, 15) is 9.59 Å². The van der Waals surface area contributed by atoms with Gasteiger partial charge in [-0.3, -0.25) is 14.9 Å². The first-order valence-electron chi connectivity index (χ1n) is 6.81. The van der Waals surface area contributed by atoms with Gasteiger partial charge in [0, 0.05) is 5.38 Å². The molecule has 1 aromatic carbocycles. The van der Waals surface area contributed by atoms with Crippen LogP contribution in [-0.2, 0) is 22.4 Å². The molecule has 0 radical (unpaired) electrons. The first-order valence-corrected chi connectivity index (χ1v) is 7.69. The van der Waals surface area contributed by atoms with Gasteiger partial charge in [0.05, 0.1) is 12.1 Å². The maximum Gasteiger partial charge on any atom is 0.264 e. The van der Waals surface area contributed by atoms with Crippen LogP contribution >= 0.6 is 11.3 Å². The molecule has 6 nitrogen and oxygen atoms in total. The minimum absolute atomic E-state index is 0.0622. The van der Waals surface area contributed by atoms with Crippen molar-refractivity contribution < 1.29 is 14.3 Å². The molecule has 116 valence electrons. The van der Waals surface area contributed by atoms with E-state index in [1.165, 1.54) is 11.3 Å². The first kappa shape index (κ1) is 16.0. The highest BCUT2D eigenvalue weighted by Gasteiger charge is 2.10. The Balaban J connectivity index is 1.87. The number of para-hydroxylation sites is 1. The Labute approximate surface area is 132 Å². The number of rotatable bonds is 7. The van der Waals surface area contributed by atoms with E-state index in [0.717, 1.165) is 12.0 Å². The smallest absolute Gasteiger partial charge is 0.264 e. The maximum absolute atomic E-state index is 11.9. The van der Waals surface area contributed by atoms with Crippen LogP contribution in [0.5, 0.6) is 5.75 Å². The molecule has 22 heavy (non-hydrogen) atoms. The number of carbonyl (C=O) groups is 2. The van der Waals surface area contributed by atoms with Crippen LogP contribution in [0.2, 0.25) is 0 Å². The number of ether oxygens (including phenoxy) is 1. The molecule has 2 amide bonds. The lowest BCUT2D eigenvalue weighted by molar-refractivity contribution is -0.118. The Kier molecular flexibility index (Phi) is 5.48. The number of primary amides is 1. The van der Waals surface area contributed by atoms with Crippen LogP contribution in [0.25, 0.3) is 0 Å². The van der Waals surface area contributed by atoms with Crippen molar-refractivity contribution in [2.75, 3.05) is 11.9 Å². The van der Waals surface area contributed by atoms with E-state index < -0.39 is 5.91 Å². The summed E-state index contributed by atoms with van der Waals surface area (Å²) < 4.78 is 5.52. The highest BCUT2D eigenvalue weighted by molar-refractivity contribution is 7.13. The summed E-state index contributed by atoms with van der Waals surface area (Å²) in [5, 5.41) is 4.75. The van der Waals surface area contributed by atoms with Crippen LogP contribution in [0.1, 0.15) is 18.2 Å². The van der Waals surface area contributed by atoms with Crippen LogP contribution in [0, 0.1) is 0 Å².